The summed E-state index contributed by atoms with van der Waals surface area (Å²) in [6.45, 7) is 1.34. The molecule has 0 saturated heterocycles. The average Bonchev–Trinajstić information content (AvgIpc) is 3.04. The minimum absolute atomic E-state index is 0.483. The van der Waals surface area contributed by atoms with Gasteiger partial charge < -0.3 is 9.47 Å². The standard InChI is InChI=1S/C17H16N4O3/c1-23-17(22)19-13-2-3-14-12(10-13)5-7-20(14)21-8-9-24-16-11-18-6-4-15(16)21/h2-7,10-11H,8-9H2,1H3,(H,19,22). The van der Waals surface area contributed by atoms with Crippen molar-refractivity contribution in [2.75, 3.05) is 30.6 Å². The van der Waals surface area contributed by atoms with Gasteiger partial charge >= 0.3 is 6.09 Å². The van der Waals surface area contributed by atoms with E-state index in [0.717, 1.165) is 28.9 Å². The predicted molar refractivity (Wildman–Crippen MR) is 90.4 cm³/mol. The number of nitrogens with one attached hydrogen (secondary N) is 1. The van der Waals surface area contributed by atoms with E-state index in [0.29, 0.717) is 12.3 Å². The maximum Gasteiger partial charge on any atom is 0.411 e. The van der Waals surface area contributed by atoms with Crippen molar-refractivity contribution < 1.29 is 14.3 Å². The Morgan fingerprint density at radius 2 is 2.25 bits per heavy atom. The van der Waals surface area contributed by atoms with Crippen molar-refractivity contribution in [3.05, 3.63) is 48.9 Å². The minimum Gasteiger partial charge on any atom is -0.488 e. The Morgan fingerprint density at radius 3 is 3.12 bits per heavy atom. The maximum atomic E-state index is 11.3. The summed E-state index contributed by atoms with van der Waals surface area (Å²) in [5, 5.41) is 5.84. The number of aromatic nitrogens is 2. The van der Waals surface area contributed by atoms with Gasteiger partial charge in [-0.2, -0.15) is 0 Å². The Bertz CT molecular complexity index is 906. The molecular formula is C17H16N4O3. The number of pyridine rings is 1. The van der Waals surface area contributed by atoms with Crippen molar-refractivity contribution >= 4 is 28.4 Å². The highest BCUT2D eigenvalue weighted by molar-refractivity contribution is 5.90. The molecule has 122 valence electrons. The van der Waals surface area contributed by atoms with Crippen LogP contribution in [0.3, 0.4) is 0 Å². The summed E-state index contributed by atoms with van der Waals surface area (Å²) in [5.74, 6) is 0.773. The second-order valence-electron chi connectivity index (χ2n) is 5.37. The van der Waals surface area contributed by atoms with E-state index in [-0.39, 0.29) is 0 Å². The molecule has 0 saturated carbocycles. The van der Waals surface area contributed by atoms with Gasteiger partial charge in [0.15, 0.2) is 5.75 Å². The lowest BCUT2D eigenvalue weighted by Gasteiger charge is -2.32. The number of benzene rings is 1. The molecule has 0 aliphatic carbocycles. The van der Waals surface area contributed by atoms with Gasteiger partial charge in [-0.15, -0.1) is 0 Å². The summed E-state index contributed by atoms with van der Waals surface area (Å²) in [6, 6.07) is 9.68. The molecule has 7 nitrogen and oxygen atoms in total. The first-order chi connectivity index (χ1) is 11.8. The lowest BCUT2D eigenvalue weighted by Crippen LogP contribution is -2.36. The Balaban J connectivity index is 1.72. The smallest absolute Gasteiger partial charge is 0.411 e. The van der Waals surface area contributed by atoms with Crippen LogP contribution < -0.4 is 15.1 Å². The molecule has 2 aromatic heterocycles. The van der Waals surface area contributed by atoms with Gasteiger partial charge in [-0.3, -0.25) is 20.0 Å². The Labute approximate surface area is 138 Å². The lowest BCUT2D eigenvalue weighted by molar-refractivity contribution is 0.187. The SMILES string of the molecule is COC(=O)Nc1ccc2c(ccn2N2CCOc3cnccc32)c1. The van der Waals surface area contributed by atoms with Crippen LogP contribution in [0.4, 0.5) is 16.2 Å². The van der Waals surface area contributed by atoms with E-state index in [1.807, 2.05) is 36.5 Å². The molecule has 3 heterocycles. The van der Waals surface area contributed by atoms with Crippen LogP contribution in [0.1, 0.15) is 0 Å². The van der Waals surface area contributed by atoms with E-state index < -0.39 is 6.09 Å². The van der Waals surface area contributed by atoms with E-state index in [9.17, 15) is 4.79 Å². The first-order valence-electron chi connectivity index (χ1n) is 7.57. The molecule has 0 fully saturated rings. The van der Waals surface area contributed by atoms with Crippen LogP contribution in [0.15, 0.2) is 48.9 Å². The number of hydrogen-bond donors (Lipinski definition) is 1. The number of amides is 1. The highest BCUT2D eigenvalue weighted by atomic mass is 16.5. The molecule has 0 unspecified atom stereocenters. The highest BCUT2D eigenvalue weighted by Gasteiger charge is 2.20. The first kappa shape index (κ1) is 14.4. The summed E-state index contributed by atoms with van der Waals surface area (Å²) in [5.41, 5.74) is 2.71. The second-order valence-corrected chi connectivity index (χ2v) is 5.37. The number of carbonyl (C=O) groups is 1. The summed E-state index contributed by atoms with van der Waals surface area (Å²) in [6.07, 6.45) is 5.00. The van der Waals surface area contributed by atoms with Crippen LogP contribution in [0.25, 0.3) is 10.9 Å². The molecule has 0 bridgehead atoms. The zero-order valence-corrected chi connectivity index (χ0v) is 13.1. The minimum atomic E-state index is -0.483. The number of fused-ring (bicyclic) bond motifs is 2. The van der Waals surface area contributed by atoms with Crippen molar-refractivity contribution in [3.8, 4) is 5.75 Å². The number of carbonyl (C=O) groups excluding carboxylic acids is 1. The van der Waals surface area contributed by atoms with Crippen LogP contribution in [0.5, 0.6) is 5.75 Å². The van der Waals surface area contributed by atoms with Crippen LogP contribution in [0, 0.1) is 0 Å². The van der Waals surface area contributed by atoms with E-state index in [2.05, 4.69) is 24.7 Å². The van der Waals surface area contributed by atoms with E-state index in [4.69, 9.17) is 4.74 Å². The van der Waals surface area contributed by atoms with E-state index in [1.54, 1.807) is 12.4 Å². The fourth-order valence-corrected chi connectivity index (χ4v) is 2.87. The van der Waals surface area contributed by atoms with Gasteiger partial charge in [0.25, 0.3) is 0 Å². The van der Waals surface area contributed by atoms with Gasteiger partial charge in [-0.25, -0.2) is 4.79 Å². The topological polar surface area (TPSA) is 68.6 Å². The predicted octanol–water partition coefficient (Wildman–Crippen LogP) is 2.88. The molecule has 1 aromatic carbocycles. The summed E-state index contributed by atoms with van der Waals surface area (Å²) in [4.78, 5) is 15.5. The highest BCUT2D eigenvalue weighted by Crippen LogP contribution is 2.32. The molecule has 3 aromatic rings. The van der Waals surface area contributed by atoms with Crippen molar-refractivity contribution in [1.29, 1.82) is 0 Å². The van der Waals surface area contributed by atoms with Crippen molar-refractivity contribution in [2.24, 2.45) is 0 Å². The fourth-order valence-electron chi connectivity index (χ4n) is 2.87. The molecule has 7 heteroatoms. The zero-order chi connectivity index (χ0) is 16.5. The summed E-state index contributed by atoms with van der Waals surface area (Å²) < 4.78 is 12.4. The quantitative estimate of drug-likeness (QED) is 0.785. The van der Waals surface area contributed by atoms with Gasteiger partial charge in [-0.1, -0.05) is 0 Å². The average molecular weight is 324 g/mol. The van der Waals surface area contributed by atoms with E-state index >= 15 is 0 Å². The third-order valence-electron chi connectivity index (χ3n) is 3.96. The van der Waals surface area contributed by atoms with Crippen LogP contribution in [0.2, 0.25) is 0 Å². The largest absolute Gasteiger partial charge is 0.488 e. The molecule has 1 aliphatic heterocycles. The van der Waals surface area contributed by atoms with Crippen LogP contribution >= 0.6 is 0 Å². The Hall–Kier alpha value is -3.22. The third kappa shape index (κ3) is 2.40. The Kier molecular flexibility index (Phi) is 3.45. The van der Waals surface area contributed by atoms with Gasteiger partial charge in [0.1, 0.15) is 12.3 Å². The number of hydrogen-bond acceptors (Lipinski definition) is 5. The summed E-state index contributed by atoms with van der Waals surface area (Å²) >= 11 is 0. The van der Waals surface area contributed by atoms with Crippen LogP contribution in [-0.4, -0.2) is 36.0 Å². The molecule has 1 N–H and O–H groups in total. The number of rotatable bonds is 2. The molecular weight excluding hydrogens is 308 g/mol. The van der Waals surface area contributed by atoms with Crippen molar-refractivity contribution in [3.63, 3.8) is 0 Å². The van der Waals surface area contributed by atoms with Crippen molar-refractivity contribution in [2.45, 2.75) is 0 Å². The molecule has 0 radical (unpaired) electrons. The Morgan fingerprint density at radius 1 is 1.33 bits per heavy atom. The lowest BCUT2D eigenvalue weighted by atomic mass is 10.2. The number of nitrogens with zero attached hydrogens (tertiary/aromatic N) is 3. The third-order valence-corrected chi connectivity index (χ3v) is 3.96. The van der Waals surface area contributed by atoms with Gasteiger partial charge in [-0.05, 0) is 30.3 Å². The van der Waals surface area contributed by atoms with E-state index in [1.165, 1.54) is 7.11 Å². The van der Waals surface area contributed by atoms with Gasteiger partial charge in [0.05, 0.1) is 25.4 Å². The normalized spacial score (nSPS) is 13.3. The van der Waals surface area contributed by atoms with Gasteiger partial charge in [0.2, 0.25) is 0 Å². The summed E-state index contributed by atoms with van der Waals surface area (Å²) in [7, 11) is 1.34. The van der Waals surface area contributed by atoms with Gasteiger partial charge in [0, 0.05) is 23.5 Å². The van der Waals surface area contributed by atoms with Crippen LogP contribution in [-0.2, 0) is 4.74 Å². The molecule has 24 heavy (non-hydrogen) atoms. The zero-order valence-electron chi connectivity index (χ0n) is 13.1. The molecule has 0 spiro atoms. The van der Waals surface area contributed by atoms with Crippen molar-refractivity contribution in [1.82, 2.24) is 9.66 Å². The number of ether oxygens (including phenoxy) is 2. The second kappa shape index (κ2) is 5.77. The maximum absolute atomic E-state index is 11.3. The number of methoxy groups -OCH3 is 1. The first-order valence-corrected chi connectivity index (χ1v) is 7.57. The molecule has 1 aliphatic rings. The number of anilines is 2. The molecule has 0 atom stereocenters. The molecule has 1 amide bonds. The fraction of sp³-hybridized carbons (Fsp3) is 0.176. The molecule has 4 rings (SSSR count). The monoisotopic (exact) mass is 324 g/mol.